The van der Waals surface area contributed by atoms with Crippen molar-refractivity contribution in [3.05, 3.63) is 0 Å². The Labute approximate surface area is 85.0 Å². The molecule has 0 amide bonds. The number of carbonyl (C=O) groups excluding carboxylic acids is 1. The number of esters is 1. The zero-order valence-corrected chi connectivity index (χ0v) is 8.74. The van der Waals surface area contributed by atoms with Crippen LogP contribution in [0.4, 0.5) is 0 Å². The molecule has 2 fully saturated rings. The highest BCUT2D eigenvalue weighted by molar-refractivity contribution is 5.72. The lowest BCUT2D eigenvalue weighted by atomic mass is 9.75. The van der Waals surface area contributed by atoms with Gasteiger partial charge >= 0.3 is 5.97 Å². The van der Waals surface area contributed by atoms with Gasteiger partial charge < -0.3 is 10.5 Å². The summed E-state index contributed by atoms with van der Waals surface area (Å²) in [5, 5.41) is 0. The number of rotatable bonds is 1. The van der Waals surface area contributed by atoms with Gasteiger partial charge in [-0.25, -0.2) is 0 Å². The third-order valence-electron chi connectivity index (χ3n) is 4.00. The Morgan fingerprint density at radius 2 is 2.07 bits per heavy atom. The normalized spacial score (nSPS) is 41.9. The van der Waals surface area contributed by atoms with E-state index in [2.05, 4.69) is 0 Å². The fourth-order valence-corrected chi connectivity index (χ4v) is 3.18. The second-order valence-corrected chi connectivity index (χ2v) is 4.70. The Morgan fingerprint density at radius 1 is 1.29 bits per heavy atom. The molecule has 0 radical (unpaired) electrons. The highest BCUT2D eigenvalue weighted by Crippen LogP contribution is 2.43. The van der Waals surface area contributed by atoms with E-state index in [-0.39, 0.29) is 11.9 Å². The van der Waals surface area contributed by atoms with Crippen LogP contribution in [0.1, 0.15) is 32.1 Å². The Hall–Kier alpha value is -0.570. The number of hydrogen-bond acceptors (Lipinski definition) is 3. The van der Waals surface area contributed by atoms with Crippen molar-refractivity contribution in [3.8, 4) is 0 Å². The second-order valence-electron chi connectivity index (χ2n) is 4.70. The first-order valence-electron chi connectivity index (χ1n) is 5.55. The van der Waals surface area contributed by atoms with Crippen LogP contribution in [0.3, 0.4) is 0 Å². The Balaban J connectivity index is 1.95. The maximum absolute atomic E-state index is 11.4. The summed E-state index contributed by atoms with van der Waals surface area (Å²) < 4.78 is 4.79. The van der Waals surface area contributed by atoms with Gasteiger partial charge in [0.1, 0.15) is 0 Å². The van der Waals surface area contributed by atoms with Crippen molar-refractivity contribution in [1.29, 1.82) is 0 Å². The summed E-state index contributed by atoms with van der Waals surface area (Å²) in [5.74, 6) is 1.48. The van der Waals surface area contributed by atoms with E-state index in [9.17, 15) is 4.79 Å². The molecule has 3 heteroatoms. The van der Waals surface area contributed by atoms with Crippen LogP contribution in [0.2, 0.25) is 0 Å². The molecule has 0 aromatic carbocycles. The largest absolute Gasteiger partial charge is 0.469 e. The zero-order chi connectivity index (χ0) is 10.1. The van der Waals surface area contributed by atoms with Crippen LogP contribution in [0.15, 0.2) is 0 Å². The van der Waals surface area contributed by atoms with Crippen LogP contribution >= 0.6 is 0 Å². The van der Waals surface area contributed by atoms with Gasteiger partial charge in [-0.2, -0.15) is 0 Å². The summed E-state index contributed by atoms with van der Waals surface area (Å²) in [4.78, 5) is 11.4. The molecule has 80 valence electrons. The first kappa shape index (κ1) is 9.97. The monoisotopic (exact) mass is 197 g/mol. The van der Waals surface area contributed by atoms with E-state index in [4.69, 9.17) is 10.5 Å². The minimum absolute atomic E-state index is 0.0241. The smallest absolute Gasteiger partial charge is 0.308 e. The molecule has 0 aliphatic heterocycles. The molecule has 2 N–H and O–H groups in total. The summed E-state index contributed by atoms with van der Waals surface area (Å²) in [7, 11) is 1.48. The molecule has 2 saturated carbocycles. The molecule has 0 heterocycles. The van der Waals surface area contributed by atoms with Crippen LogP contribution in [0.25, 0.3) is 0 Å². The minimum Gasteiger partial charge on any atom is -0.469 e. The molecule has 2 unspecified atom stereocenters. The number of carbonyl (C=O) groups is 1. The predicted molar refractivity (Wildman–Crippen MR) is 53.5 cm³/mol. The molecule has 0 saturated heterocycles. The lowest BCUT2D eigenvalue weighted by Gasteiger charge is -2.31. The standard InChI is InChI=1S/C11H19NO2/c1-14-11(13)8-2-4-9-7(6-8)3-5-10(9)12/h7-10H,2-6,12H2,1H3/t7-,8?,9?,10-/m0/s1. The fraction of sp³-hybridized carbons (Fsp3) is 0.909. The first-order chi connectivity index (χ1) is 6.72. The average molecular weight is 197 g/mol. The third-order valence-corrected chi connectivity index (χ3v) is 4.00. The zero-order valence-electron chi connectivity index (χ0n) is 8.74. The molecular formula is C11H19NO2. The lowest BCUT2D eigenvalue weighted by Crippen LogP contribution is -2.34. The van der Waals surface area contributed by atoms with E-state index in [1.807, 2.05) is 0 Å². The van der Waals surface area contributed by atoms with Crippen LogP contribution in [0, 0.1) is 17.8 Å². The molecule has 0 aromatic rings. The molecule has 2 aliphatic rings. The van der Waals surface area contributed by atoms with Crippen molar-refractivity contribution >= 4 is 5.97 Å². The van der Waals surface area contributed by atoms with Crippen LogP contribution in [0.5, 0.6) is 0 Å². The first-order valence-corrected chi connectivity index (χ1v) is 5.55. The molecule has 0 aromatic heterocycles. The van der Waals surface area contributed by atoms with Crippen LogP contribution < -0.4 is 5.73 Å². The van der Waals surface area contributed by atoms with Gasteiger partial charge in [0.25, 0.3) is 0 Å². The molecular weight excluding hydrogens is 178 g/mol. The maximum atomic E-state index is 11.4. The van der Waals surface area contributed by atoms with Crippen molar-refractivity contribution in [2.75, 3.05) is 7.11 Å². The summed E-state index contributed by atoms with van der Waals surface area (Å²) >= 11 is 0. The second kappa shape index (κ2) is 3.89. The van der Waals surface area contributed by atoms with E-state index in [0.717, 1.165) is 25.7 Å². The van der Waals surface area contributed by atoms with Gasteiger partial charge in [0.15, 0.2) is 0 Å². The Morgan fingerprint density at radius 3 is 2.79 bits per heavy atom. The van der Waals surface area contributed by atoms with Gasteiger partial charge in [-0.1, -0.05) is 0 Å². The lowest BCUT2D eigenvalue weighted by molar-refractivity contribution is -0.147. The summed E-state index contributed by atoms with van der Waals surface area (Å²) in [6.45, 7) is 0. The molecule has 0 spiro atoms. The maximum Gasteiger partial charge on any atom is 0.308 e. The van der Waals surface area contributed by atoms with Gasteiger partial charge in [0, 0.05) is 6.04 Å². The highest BCUT2D eigenvalue weighted by atomic mass is 16.5. The van der Waals surface area contributed by atoms with Gasteiger partial charge in [-0.15, -0.1) is 0 Å². The number of ether oxygens (including phenoxy) is 1. The van der Waals surface area contributed by atoms with E-state index < -0.39 is 0 Å². The van der Waals surface area contributed by atoms with Crippen molar-refractivity contribution in [1.82, 2.24) is 0 Å². The van der Waals surface area contributed by atoms with Crippen LogP contribution in [-0.2, 0) is 9.53 Å². The molecule has 0 bridgehead atoms. The molecule has 3 nitrogen and oxygen atoms in total. The van der Waals surface area contributed by atoms with Crippen molar-refractivity contribution < 1.29 is 9.53 Å². The topological polar surface area (TPSA) is 52.3 Å². The number of hydrogen-bond donors (Lipinski definition) is 1. The quantitative estimate of drug-likeness (QED) is 0.645. The summed E-state index contributed by atoms with van der Waals surface area (Å²) in [6, 6.07) is 0.388. The summed E-state index contributed by atoms with van der Waals surface area (Å²) in [6.07, 6.45) is 5.45. The van der Waals surface area contributed by atoms with Gasteiger partial charge in [-0.05, 0) is 43.9 Å². The summed E-state index contributed by atoms with van der Waals surface area (Å²) in [5.41, 5.74) is 6.03. The number of nitrogens with two attached hydrogens (primary N) is 1. The number of fused-ring (bicyclic) bond motifs is 1. The van der Waals surface area contributed by atoms with E-state index in [0.29, 0.717) is 17.9 Å². The van der Waals surface area contributed by atoms with Gasteiger partial charge in [-0.3, -0.25) is 4.79 Å². The average Bonchev–Trinajstić information content (AvgIpc) is 2.59. The molecule has 2 rings (SSSR count). The third kappa shape index (κ3) is 1.65. The van der Waals surface area contributed by atoms with E-state index >= 15 is 0 Å². The van der Waals surface area contributed by atoms with Crippen molar-refractivity contribution in [2.45, 2.75) is 38.1 Å². The molecule has 2 aliphatic carbocycles. The van der Waals surface area contributed by atoms with Gasteiger partial charge in [0.05, 0.1) is 13.0 Å². The van der Waals surface area contributed by atoms with E-state index in [1.54, 1.807) is 0 Å². The highest BCUT2D eigenvalue weighted by Gasteiger charge is 2.40. The predicted octanol–water partition coefficient (Wildman–Crippen LogP) is 1.31. The van der Waals surface area contributed by atoms with Crippen molar-refractivity contribution in [3.63, 3.8) is 0 Å². The SMILES string of the molecule is COC(=O)C1CCC2[C@@H](CC[C@@H]2N)C1. The number of methoxy groups -OCH3 is 1. The van der Waals surface area contributed by atoms with Crippen molar-refractivity contribution in [2.24, 2.45) is 23.5 Å². The Bertz CT molecular complexity index is 229. The fourth-order valence-electron chi connectivity index (χ4n) is 3.18. The van der Waals surface area contributed by atoms with Gasteiger partial charge in [0.2, 0.25) is 0 Å². The Kier molecular flexibility index (Phi) is 2.77. The van der Waals surface area contributed by atoms with E-state index in [1.165, 1.54) is 13.5 Å². The molecule has 4 atom stereocenters. The molecule has 14 heavy (non-hydrogen) atoms. The minimum atomic E-state index is -0.0241. The van der Waals surface area contributed by atoms with Crippen LogP contribution in [-0.4, -0.2) is 19.1 Å².